The highest BCUT2D eigenvalue weighted by Gasteiger charge is 2.21. The fraction of sp³-hybridized carbons (Fsp3) is 0.188. The largest absolute Gasteiger partial charge is 0.361 e. The molecule has 0 aliphatic heterocycles. The number of amides is 1. The van der Waals surface area contributed by atoms with E-state index in [2.05, 4.69) is 96.9 Å². The van der Waals surface area contributed by atoms with Gasteiger partial charge in [-0.15, -0.1) is 10.2 Å². The van der Waals surface area contributed by atoms with E-state index in [-0.39, 0.29) is 11.9 Å². The first kappa shape index (κ1) is 24.6. The molecule has 1 atom stereocenters. The monoisotopic (exact) mass is 514 g/mol. The Kier molecular flexibility index (Phi) is 6.87. The predicted octanol–water partition coefficient (Wildman–Crippen LogP) is 6.02. The van der Waals surface area contributed by atoms with Crippen molar-refractivity contribution >= 4 is 27.6 Å². The summed E-state index contributed by atoms with van der Waals surface area (Å²) in [7, 11) is 0. The van der Waals surface area contributed by atoms with Crippen LogP contribution in [0.5, 0.6) is 0 Å². The Labute approximate surface area is 226 Å². The first-order valence-electron chi connectivity index (χ1n) is 13.3. The molecule has 0 aliphatic rings. The highest BCUT2D eigenvalue weighted by Crippen LogP contribution is 2.24. The van der Waals surface area contributed by atoms with Crippen LogP contribution in [-0.2, 0) is 19.4 Å². The minimum atomic E-state index is -0.343. The molecular weight excluding hydrogens is 484 g/mol. The predicted molar refractivity (Wildman–Crippen MR) is 154 cm³/mol. The number of para-hydroxylation sites is 1. The average Bonchev–Trinajstić information content (AvgIpc) is 3.58. The van der Waals surface area contributed by atoms with Crippen molar-refractivity contribution in [1.29, 1.82) is 0 Å². The number of rotatable bonds is 9. The van der Waals surface area contributed by atoms with Crippen LogP contribution in [0.25, 0.3) is 21.7 Å². The van der Waals surface area contributed by atoms with Crippen LogP contribution in [0.3, 0.4) is 0 Å². The second-order valence-electron chi connectivity index (χ2n) is 9.82. The van der Waals surface area contributed by atoms with Gasteiger partial charge in [0, 0.05) is 29.7 Å². The van der Waals surface area contributed by atoms with Crippen molar-refractivity contribution in [3.05, 3.63) is 126 Å². The Morgan fingerprint density at radius 3 is 2.54 bits per heavy atom. The molecule has 6 rings (SSSR count). The molecule has 3 heterocycles. The molecule has 6 aromatic rings. The standard InChI is InChI=1S/C32H30N6O/c1-22(35-32(39)29-17-6-7-19-33-29)31-37-36-30(18-9-12-24-20-34-28-16-5-4-15-27(24)28)38(31)21-25-13-8-11-23-10-2-3-14-26(23)25/h2-8,10-11,13-17,19-20,22,34H,9,12,18,21H2,1H3,(H,35,39)/t22-/m1/s1. The molecule has 0 aliphatic carbocycles. The van der Waals surface area contributed by atoms with Crippen molar-refractivity contribution in [2.75, 3.05) is 0 Å². The lowest BCUT2D eigenvalue weighted by Crippen LogP contribution is -2.29. The lowest BCUT2D eigenvalue weighted by Gasteiger charge is -2.17. The molecule has 194 valence electrons. The number of nitrogens with zero attached hydrogens (tertiary/aromatic N) is 4. The van der Waals surface area contributed by atoms with Gasteiger partial charge in [-0.25, -0.2) is 0 Å². The van der Waals surface area contributed by atoms with Crippen LogP contribution in [-0.4, -0.2) is 30.6 Å². The van der Waals surface area contributed by atoms with Gasteiger partial charge in [0.1, 0.15) is 11.5 Å². The van der Waals surface area contributed by atoms with E-state index in [9.17, 15) is 4.79 Å². The molecule has 7 heteroatoms. The molecule has 0 radical (unpaired) electrons. The third-order valence-corrected chi connectivity index (χ3v) is 7.22. The normalized spacial score (nSPS) is 12.1. The van der Waals surface area contributed by atoms with Crippen molar-refractivity contribution in [2.24, 2.45) is 0 Å². The van der Waals surface area contributed by atoms with Gasteiger partial charge in [-0.1, -0.05) is 66.7 Å². The van der Waals surface area contributed by atoms with E-state index in [1.807, 2.05) is 13.0 Å². The Hall–Kier alpha value is -4.78. The molecule has 3 aromatic heterocycles. The maximum absolute atomic E-state index is 12.9. The van der Waals surface area contributed by atoms with Crippen LogP contribution >= 0.6 is 0 Å². The number of hydrogen-bond donors (Lipinski definition) is 2. The SMILES string of the molecule is C[C@@H](NC(=O)c1ccccn1)c1nnc(CCCc2c[nH]c3ccccc23)n1Cc1cccc2ccccc12. The van der Waals surface area contributed by atoms with E-state index in [4.69, 9.17) is 0 Å². The minimum absolute atomic E-state index is 0.233. The Balaban J connectivity index is 1.28. The van der Waals surface area contributed by atoms with Crippen LogP contribution in [0.4, 0.5) is 0 Å². The first-order valence-corrected chi connectivity index (χ1v) is 13.3. The summed E-state index contributed by atoms with van der Waals surface area (Å²) in [6.07, 6.45) is 6.37. The molecule has 0 saturated carbocycles. The Morgan fingerprint density at radius 2 is 1.67 bits per heavy atom. The first-order chi connectivity index (χ1) is 19.2. The smallest absolute Gasteiger partial charge is 0.270 e. The summed E-state index contributed by atoms with van der Waals surface area (Å²) in [5.74, 6) is 1.41. The fourth-order valence-corrected chi connectivity index (χ4v) is 5.24. The quantitative estimate of drug-likeness (QED) is 0.247. The molecule has 2 N–H and O–H groups in total. The van der Waals surface area contributed by atoms with Crippen molar-refractivity contribution < 1.29 is 4.79 Å². The van der Waals surface area contributed by atoms with Crippen molar-refractivity contribution in [3.8, 4) is 0 Å². The molecule has 0 saturated heterocycles. The molecule has 39 heavy (non-hydrogen) atoms. The lowest BCUT2D eigenvalue weighted by molar-refractivity contribution is 0.0932. The summed E-state index contributed by atoms with van der Waals surface area (Å²) in [5.41, 5.74) is 4.03. The molecule has 1 amide bonds. The zero-order valence-electron chi connectivity index (χ0n) is 21.8. The zero-order valence-corrected chi connectivity index (χ0v) is 21.8. The molecule has 3 aromatic carbocycles. The van der Waals surface area contributed by atoms with E-state index in [1.165, 1.54) is 27.3 Å². The summed E-state index contributed by atoms with van der Waals surface area (Å²) >= 11 is 0. The van der Waals surface area contributed by atoms with Crippen LogP contribution in [0.1, 0.15) is 52.7 Å². The number of pyridine rings is 1. The topological polar surface area (TPSA) is 88.5 Å². The molecular formula is C32H30N6O. The van der Waals surface area contributed by atoms with Gasteiger partial charge < -0.3 is 14.9 Å². The summed E-state index contributed by atoms with van der Waals surface area (Å²) in [4.78, 5) is 20.4. The van der Waals surface area contributed by atoms with E-state index in [0.717, 1.165) is 36.4 Å². The summed E-state index contributed by atoms with van der Waals surface area (Å²) < 4.78 is 2.17. The van der Waals surface area contributed by atoms with Gasteiger partial charge in [-0.05, 0) is 59.9 Å². The van der Waals surface area contributed by atoms with Crippen LogP contribution < -0.4 is 5.32 Å². The number of aromatic nitrogens is 5. The van der Waals surface area contributed by atoms with Gasteiger partial charge in [0.25, 0.3) is 5.91 Å². The molecule has 0 spiro atoms. The number of aryl methyl sites for hydroxylation is 2. The second-order valence-corrected chi connectivity index (χ2v) is 9.82. The Bertz CT molecular complexity index is 1730. The summed E-state index contributed by atoms with van der Waals surface area (Å²) in [6, 6.07) is 28.1. The number of benzene rings is 3. The van der Waals surface area contributed by atoms with Gasteiger partial charge in [0.2, 0.25) is 0 Å². The molecule has 0 fully saturated rings. The number of hydrogen-bond acceptors (Lipinski definition) is 4. The number of carbonyl (C=O) groups is 1. The van der Waals surface area contributed by atoms with Crippen molar-refractivity contribution in [1.82, 2.24) is 30.0 Å². The number of fused-ring (bicyclic) bond motifs is 2. The fourth-order valence-electron chi connectivity index (χ4n) is 5.24. The number of carbonyl (C=O) groups excluding carboxylic acids is 1. The number of nitrogens with one attached hydrogen (secondary N) is 2. The maximum Gasteiger partial charge on any atom is 0.270 e. The number of aromatic amines is 1. The van der Waals surface area contributed by atoms with Crippen molar-refractivity contribution in [3.63, 3.8) is 0 Å². The van der Waals surface area contributed by atoms with Gasteiger partial charge in [-0.2, -0.15) is 0 Å². The van der Waals surface area contributed by atoms with Crippen molar-refractivity contribution in [2.45, 2.75) is 38.8 Å². The van der Waals surface area contributed by atoms with Gasteiger partial charge >= 0.3 is 0 Å². The van der Waals surface area contributed by atoms with Gasteiger partial charge in [0.15, 0.2) is 5.82 Å². The lowest BCUT2D eigenvalue weighted by atomic mass is 10.0. The second kappa shape index (κ2) is 10.9. The summed E-state index contributed by atoms with van der Waals surface area (Å²) in [5, 5.41) is 15.9. The molecule has 0 unspecified atom stereocenters. The highest BCUT2D eigenvalue weighted by atomic mass is 16.1. The minimum Gasteiger partial charge on any atom is -0.361 e. The van der Waals surface area contributed by atoms with E-state index < -0.39 is 0 Å². The van der Waals surface area contributed by atoms with Crippen LogP contribution in [0.2, 0.25) is 0 Å². The van der Waals surface area contributed by atoms with E-state index in [1.54, 1.807) is 24.4 Å². The van der Waals surface area contributed by atoms with E-state index >= 15 is 0 Å². The maximum atomic E-state index is 12.9. The highest BCUT2D eigenvalue weighted by molar-refractivity contribution is 5.92. The average molecular weight is 515 g/mol. The molecule has 0 bridgehead atoms. The molecule has 7 nitrogen and oxygen atoms in total. The van der Waals surface area contributed by atoms with E-state index in [0.29, 0.717) is 12.2 Å². The summed E-state index contributed by atoms with van der Waals surface area (Å²) in [6.45, 7) is 2.57. The Morgan fingerprint density at radius 1 is 0.872 bits per heavy atom. The third kappa shape index (κ3) is 5.16. The van der Waals surface area contributed by atoms with Crippen LogP contribution in [0.15, 0.2) is 97.3 Å². The number of H-pyrrole nitrogens is 1. The van der Waals surface area contributed by atoms with Gasteiger partial charge in [0.05, 0.1) is 12.6 Å². The zero-order chi connectivity index (χ0) is 26.6. The third-order valence-electron chi connectivity index (χ3n) is 7.22. The van der Waals surface area contributed by atoms with Crippen LogP contribution in [0, 0.1) is 0 Å². The van der Waals surface area contributed by atoms with Gasteiger partial charge in [-0.3, -0.25) is 9.78 Å².